The fraction of sp³-hybridized carbons (Fsp3) is 0.0909. The van der Waals surface area contributed by atoms with E-state index in [0.29, 0.717) is 38.9 Å². The molecule has 3 nitrogen and oxygen atoms in total. The number of benzene rings is 3. The third-order valence-corrected chi connectivity index (χ3v) is 6.10. The van der Waals surface area contributed by atoms with Gasteiger partial charge in [0.25, 0.3) is 0 Å². The first-order chi connectivity index (χ1) is 14.1. The van der Waals surface area contributed by atoms with E-state index >= 15 is 0 Å². The first-order valence-corrected chi connectivity index (χ1v) is 10.7. The van der Waals surface area contributed by atoms with Gasteiger partial charge in [-0.2, -0.15) is 0 Å². The van der Waals surface area contributed by atoms with Gasteiger partial charge in [-0.1, -0.05) is 83.5 Å². The van der Waals surface area contributed by atoms with Crippen LogP contribution in [0.5, 0.6) is 0 Å². The molecule has 4 rings (SSSR count). The van der Waals surface area contributed by atoms with Gasteiger partial charge in [-0.05, 0) is 29.8 Å². The quantitative estimate of drug-likeness (QED) is 0.309. The average Bonchev–Trinajstić information content (AvgIpc) is 3.11. The molecule has 0 saturated heterocycles. The summed E-state index contributed by atoms with van der Waals surface area (Å²) >= 11 is 14.0. The van der Waals surface area contributed by atoms with Gasteiger partial charge in [0.2, 0.25) is 0 Å². The molecule has 0 unspecified atom stereocenters. The van der Waals surface area contributed by atoms with Crippen LogP contribution in [0, 0.1) is 5.82 Å². The number of aromatic nitrogens is 3. The lowest BCUT2D eigenvalue weighted by atomic mass is 10.2. The molecule has 0 fully saturated rings. The van der Waals surface area contributed by atoms with Crippen molar-refractivity contribution >= 4 is 35.0 Å². The molecule has 0 aliphatic rings. The zero-order valence-electron chi connectivity index (χ0n) is 15.2. The zero-order valence-corrected chi connectivity index (χ0v) is 17.6. The minimum absolute atomic E-state index is 0.328. The molecule has 0 amide bonds. The molecule has 7 heteroatoms. The molecule has 0 bridgehead atoms. The molecule has 4 aromatic rings. The van der Waals surface area contributed by atoms with E-state index in [0.717, 1.165) is 11.1 Å². The molecular weight excluding hydrogens is 428 g/mol. The van der Waals surface area contributed by atoms with Crippen LogP contribution < -0.4 is 0 Å². The number of halogens is 3. The second-order valence-corrected chi connectivity index (χ2v) is 8.10. The molecule has 0 atom stereocenters. The SMILES string of the molecule is Fc1cccc(Cl)c1CSc1nnc(-c2ccccc2Cl)n1Cc1ccccc1. The van der Waals surface area contributed by atoms with Crippen molar-refractivity contribution in [2.45, 2.75) is 17.5 Å². The van der Waals surface area contributed by atoms with Crippen LogP contribution in [0.15, 0.2) is 78.0 Å². The molecule has 0 N–H and O–H groups in total. The van der Waals surface area contributed by atoms with Gasteiger partial charge in [-0.25, -0.2) is 4.39 Å². The average molecular weight is 444 g/mol. The van der Waals surface area contributed by atoms with Crippen molar-refractivity contribution in [2.24, 2.45) is 0 Å². The highest BCUT2D eigenvalue weighted by atomic mass is 35.5. The predicted octanol–water partition coefficient (Wildman–Crippen LogP) is 6.73. The maximum absolute atomic E-state index is 14.2. The number of nitrogens with zero attached hydrogens (tertiary/aromatic N) is 3. The standard InChI is InChI=1S/C22H16Cl2FN3S/c23-18-10-5-4-9-16(18)21-26-27-22(28(21)13-15-7-2-1-3-8-15)29-14-17-19(24)11-6-12-20(17)25/h1-12H,13-14H2. The molecule has 0 aliphatic heterocycles. The fourth-order valence-electron chi connectivity index (χ4n) is 2.95. The molecule has 146 valence electrons. The van der Waals surface area contributed by atoms with Crippen LogP contribution in [0.2, 0.25) is 10.0 Å². The summed E-state index contributed by atoms with van der Waals surface area (Å²) in [5.41, 5.74) is 2.35. The minimum Gasteiger partial charge on any atom is -0.297 e. The Morgan fingerprint density at radius 1 is 0.828 bits per heavy atom. The largest absolute Gasteiger partial charge is 0.297 e. The van der Waals surface area contributed by atoms with Gasteiger partial charge in [-0.15, -0.1) is 10.2 Å². The van der Waals surface area contributed by atoms with Crippen molar-refractivity contribution in [2.75, 3.05) is 0 Å². The van der Waals surface area contributed by atoms with Crippen LogP contribution in [-0.2, 0) is 12.3 Å². The first kappa shape index (κ1) is 20.0. The predicted molar refractivity (Wildman–Crippen MR) is 117 cm³/mol. The van der Waals surface area contributed by atoms with E-state index in [1.165, 1.54) is 17.8 Å². The third kappa shape index (κ3) is 4.47. The van der Waals surface area contributed by atoms with E-state index in [2.05, 4.69) is 10.2 Å². The number of hydrogen-bond donors (Lipinski definition) is 0. The molecule has 0 saturated carbocycles. The van der Waals surface area contributed by atoms with Crippen LogP contribution in [0.25, 0.3) is 11.4 Å². The topological polar surface area (TPSA) is 30.7 Å². The Kier molecular flexibility index (Phi) is 6.19. The van der Waals surface area contributed by atoms with Gasteiger partial charge in [0.05, 0.1) is 11.6 Å². The van der Waals surface area contributed by atoms with E-state index in [-0.39, 0.29) is 5.82 Å². The highest BCUT2D eigenvalue weighted by molar-refractivity contribution is 7.98. The highest BCUT2D eigenvalue weighted by Gasteiger charge is 2.18. The van der Waals surface area contributed by atoms with E-state index in [4.69, 9.17) is 23.2 Å². The van der Waals surface area contributed by atoms with E-state index < -0.39 is 0 Å². The van der Waals surface area contributed by atoms with Crippen molar-refractivity contribution in [1.82, 2.24) is 14.8 Å². The number of thioether (sulfide) groups is 1. The molecule has 0 spiro atoms. The van der Waals surface area contributed by atoms with Gasteiger partial charge in [0.1, 0.15) is 5.82 Å². The molecule has 3 aromatic carbocycles. The lowest BCUT2D eigenvalue weighted by molar-refractivity contribution is 0.617. The smallest absolute Gasteiger partial charge is 0.192 e. The Balaban J connectivity index is 1.71. The Morgan fingerprint density at radius 2 is 1.55 bits per heavy atom. The van der Waals surface area contributed by atoms with Crippen LogP contribution in [0.4, 0.5) is 4.39 Å². The third-order valence-electron chi connectivity index (χ3n) is 4.42. The summed E-state index contributed by atoms with van der Waals surface area (Å²) in [6.45, 7) is 0.571. The van der Waals surface area contributed by atoms with E-state index in [1.807, 2.05) is 59.2 Å². The summed E-state index contributed by atoms with van der Waals surface area (Å²) in [5, 5.41) is 10.4. The summed E-state index contributed by atoms with van der Waals surface area (Å²) in [6.07, 6.45) is 0. The molecule has 29 heavy (non-hydrogen) atoms. The fourth-order valence-corrected chi connectivity index (χ4v) is 4.45. The summed E-state index contributed by atoms with van der Waals surface area (Å²) in [4.78, 5) is 0. The van der Waals surface area contributed by atoms with Crippen molar-refractivity contribution in [3.05, 3.63) is 99.8 Å². The molecule has 1 aromatic heterocycles. The summed E-state index contributed by atoms with van der Waals surface area (Å²) in [5.74, 6) is 0.688. The number of rotatable bonds is 6. The van der Waals surface area contributed by atoms with Gasteiger partial charge in [-0.3, -0.25) is 4.57 Å². The van der Waals surface area contributed by atoms with Gasteiger partial charge in [0, 0.05) is 21.9 Å². The van der Waals surface area contributed by atoms with Gasteiger partial charge >= 0.3 is 0 Å². The second-order valence-electron chi connectivity index (χ2n) is 6.35. The van der Waals surface area contributed by atoms with E-state index in [9.17, 15) is 4.39 Å². The van der Waals surface area contributed by atoms with Crippen molar-refractivity contribution in [3.63, 3.8) is 0 Å². The minimum atomic E-state index is -0.328. The van der Waals surface area contributed by atoms with Crippen molar-refractivity contribution in [1.29, 1.82) is 0 Å². The van der Waals surface area contributed by atoms with Gasteiger partial charge in [0.15, 0.2) is 11.0 Å². The van der Waals surface area contributed by atoms with Crippen molar-refractivity contribution < 1.29 is 4.39 Å². The highest BCUT2D eigenvalue weighted by Crippen LogP contribution is 2.32. The maximum Gasteiger partial charge on any atom is 0.192 e. The Morgan fingerprint density at radius 3 is 2.31 bits per heavy atom. The Hall–Kier alpha value is -2.34. The Labute approximate surface area is 182 Å². The number of hydrogen-bond acceptors (Lipinski definition) is 3. The van der Waals surface area contributed by atoms with Crippen molar-refractivity contribution in [3.8, 4) is 11.4 Å². The summed E-state index contributed by atoms with van der Waals surface area (Å²) in [7, 11) is 0. The molecule has 0 radical (unpaired) electrons. The lowest BCUT2D eigenvalue weighted by Crippen LogP contribution is -2.04. The normalized spacial score (nSPS) is 11.0. The van der Waals surface area contributed by atoms with Crippen LogP contribution in [0.3, 0.4) is 0 Å². The summed E-state index contributed by atoms with van der Waals surface area (Å²) in [6, 6.07) is 22.2. The first-order valence-electron chi connectivity index (χ1n) is 8.91. The Bertz CT molecular complexity index is 1110. The molecule has 1 heterocycles. The van der Waals surface area contributed by atoms with Crippen LogP contribution in [-0.4, -0.2) is 14.8 Å². The summed E-state index contributed by atoms with van der Waals surface area (Å²) < 4.78 is 16.2. The lowest BCUT2D eigenvalue weighted by Gasteiger charge is -2.12. The monoisotopic (exact) mass is 443 g/mol. The van der Waals surface area contributed by atoms with Crippen LogP contribution in [0.1, 0.15) is 11.1 Å². The van der Waals surface area contributed by atoms with Gasteiger partial charge < -0.3 is 0 Å². The van der Waals surface area contributed by atoms with E-state index in [1.54, 1.807) is 12.1 Å². The molecular formula is C22H16Cl2FN3S. The molecule has 0 aliphatic carbocycles. The maximum atomic E-state index is 14.2. The van der Waals surface area contributed by atoms with Crippen LogP contribution >= 0.6 is 35.0 Å². The second kappa shape index (κ2) is 8.99. The zero-order chi connectivity index (χ0) is 20.2.